The van der Waals surface area contributed by atoms with E-state index in [1.807, 2.05) is 11.3 Å². The Bertz CT molecular complexity index is 299. The molecule has 1 aromatic heterocycles. The number of hydrogen-bond acceptors (Lipinski definition) is 2. The molecule has 0 amide bonds. The maximum Gasteiger partial charge on any atom is 0.0105 e. The van der Waals surface area contributed by atoms with E-state index in [4.69, 9.17) is 0 Å². The average Bonchev–Trinajstić information content (AvgIpc) is 2.51. The molecule has 0 aliphatic carbocycles. The van der Waals surface area contributed by atoms with Crippen LogP contribution in [0.5, 0.6) is 0 Å². The van der Waals surface area contributed by atoms with Gasteiger partial charge in [0.05, 0.1) is 0 Å². The van der Waals surface area contributed by atoms with Crippen molar-refractivity contribution >= 4 is 11.3 Å². The third kappa shape index (κ3) is 3.96. The monoisotopic (exact) mass is 225 g/mol. The van der Waals surface area contributed by atoms with Crippen LogP contribution < -0.4 is 5.32 Å². The molecule has 1 nitrogen and oxygen atoms in total. The third-order valence-corrected chi connectivity index (χ3v) is 4.08. The molecule has 0 atom stereocenters. The highest BCUT2D eigenvalue weighted by atomic mass is 32.1. The third-order valence-electron chi connectivity index (χ3n) is 2.71. The fourth-order valence-corrected chi connectivity index (χ4v) is 2.59. The summed E-state index contributed by atoms with van der Waals surface area (Å²) >= 11 is 1.93. The molecule has 0 bridgehead atoms. The van der Waals surface area contributed by atoms with E-state index in [1.165, 1.54) is 16.2 Å². The molecule has 0 saturated carbocycles. The van der Waals surface area contributed by atoms with Gasteiger partial charge in [-0.3, -0.25) is 0 Å². The van der Waals surface area contributed by atoms with Gasteiger partial charge >= 0.3 is 0 Å². The smallest absolute Gasteiger partial charge is 0.0105 e. The maximum atomic E-state index is 3.48. The lowest BCUT2D eigenvalue weighted by molar-refractivity contribution is 0.448. The van der Waals surface area contributed by atoms with Crippen LogP contribution in [0, 0.1) is 6.92 Å². The highest BCUT2D eigenvalue weighted by Crippen LogP contribution is 2.32. The number of rotatable bonds is 5. The van der Waals surface area contributed by atoms with E-state index in [0.29, 0.717) is 11.5 Å². The van der Waals surface area contributed by atoms with Gasteiger partial charge in [-0.2, -0.15) is 0 Å². The molecule has 0 aromatic carbocycles. The van der Waals surface area contributed by atoms with Crippen molar-refractivity contribution < 1.29 is 0 Å². The van der Waals surface area contributed by atoms with Crippen LogP contribution in [-0.2, 0) is 5.41 Å². The van der Waals surface area contributed by atoms with E-state index in [0.717, 1.165) is 6.54 Å². The molecule has 0 radical (unpaired) electrons. The largest absolute Gasteiger partial charge is 0.315 e. The van der Waals surface area contributed by atoms with Crippen LogP contribution in [-0.4, -0.2) is 12.6 Å². The fourth-order valence-electron chi connectivity index (χ4n) is 1.59. The van der Waals surface area contributed by atoms with E-state index in [1.54, 1.807) is 0 Å². The standard InChI is InChI=1S/C13H23NS/c1-10(2)14-9-8-13(4,5)12-7-6-11(3)15-12/h6-7,10,14H,8-9H2,1-5H3. The number of aryl methyl sites for hydroxylation is 1. The highest BCUT2D eigenvalue weighted by molar-refractivity contribution is 7.12. The summed E-state index contributed by atoms with van der Waals surface area (Å²) < 4.78 is 0. The lowest BCUT2D eigenvalue weighted by atomic mass is 9.87. The Kier molecular flexibility index (Phi) is 4.35. The number of nitrogens with one attached hydrogen (secondary N) is 1. The van der Waals surface area contributed by atoms with Crippen LogP contribution in [0.15, 0.2) is 12.1 Å². The molecule has 0 aliphatic heterocycles. The van der Waals surface area contributed by atoms with Gasteiger partial charge in [0.15, 0.2) is 0 Å². The van der Waals surface area contributed by atoms with Gasteiger partial charge in [0, 0.05) is 21.2 Å². The lowest BCUT2D eigenvalue weighted by Crippen LogP contribution is -2.29. The molecule has 1 rings (SSSR count). The van der Waals surface area contributed by atoms with Crippen molar-refractivity contribution in [3.8, 4) is 0 Å². The van der Waals surface area contributed by atoms with Crippen LogP contribution in [0.2, 0.25) is 0 Å². The molecule has 2 heteroatoms. The predicted molar refractivity (Wildman–Crippen MR) is 69.8 cm³/mol. The van der Waals surface area contributed by atoms with Crippen LogP contribution in [0.1, 0.15) is 43.9 Å². The van der Waals surface area contributed by atoms with E-state index in [2.05, 4.69) is 52.1 Å². The van der Waals surface area contributed by atoms with E-state index in [9.17, 15) is 0 Å². The van der Waals surface area contributed by atoms with Crippen molar-refractivity contribution in [2.45, 2.75) is 52.5 Å². The van der Waals surface area contributed by atoms with Gasteiger partial charge in [0.1, 0.15) is 0 Å². The van der Waals surface area contributed by atoms with E-state index in [-0.39, 0.29) is 0 Å². The van der Waals surface area contributed by atoms with Crippen molar-refractivity contribution in [2.75, 3.05) is 6.54 Å². The summed E-state index contributed by atoms with van der Waals surface area (Å²) in [4.78, 5) is 2.92. The number of thiophene rings is 1. The molecule has 0 saturated heterocycles. The first-order valence-corrected chi connectivity index (χ1v) is 6.54. The minimum Gasteiger partial charge on any atom is -0.315 e. The molecular weight excluding hydrogens is 202 g/mol. The number of hydrogen-bond donors (Lipinski definition) is 1. The van der Waals surface area contributed by atoms with Crippen LogP contribution in [0.4, 0.5) is 0 Å². The summed E-state index contributed by atoms with van der Waals surface area (Å²) in [5.74, 6) is 0. The molecule has 1 aromatic rings. The predicted octanol–water partition coefficient (Wildman–Crippen LogP) is 3.72. The second-order valence-electron chi connectivity index (χ2n) is 5.15. The first-order valence-electron chi connectivity index (χ1n) is 5.72. The fraction of sp³-hybridized carbons (Fsp3) is 0.692. The first-order chi connectivity index (χ1) is 6.92. The van der Waals surface area contributed by atoms with Gasteiger partial charge in [-0.15, -0.1) is 11.3 Å². The molecule has 1 N–H and O–H groups in total. The van der Waals surface area contributed by atoms with Crippen LogP contribution in [0.3, 0.4) is 0 Å². The van der Waals surface area contributed by atoms with Crippen LogP contribution in [0.25, 0.3) is 0 Å². The zero-order chi connectivity index (χ0) is 11.5. The van der Waals surface area contributed by atoms with Gasteiger partial charge < -0.3 is 5.32 Å². The quantitative estimate of drug-likeness (QED) is 0.805. The summed E-state index contributed by atoms with van der Waals surface area (Å²) in [6.07, 6.45) is 1.20. The topological polar surface area (TPSA) is 12.0 Å². The minimum absolute atomic E-state index is 0.306. The molecule has 1 heterocycles. The Morgan fingerprint density at radius 2 is 2.00 bits per heavy atom. The van der Waals surface area contributed by atoms with Crippen molar-refractivity contribution in [1.82, 2.24) is 5.32 Å². The lowest BCUT2D eigenvalue weighted by Gasteiger charge is -2.24. The van der Waals surface area contributed by atoms with Crippen molar-refractivity contribution in [2.24, 2.45) is 0 Å². The molecule has 15 heavy (non-hydrogen) atoms. The molecule has 0 fully saturated rings. The summed E-state index contributed by atoms with van der Waals surface area (Å²) in [5, 5.41) is 3.48. The summed E-state index contributed by atoms with van der Waals surface area (Å²) in [6, 6.07) is 5.08. The van der Waals surface area contributed by atoms with Gasteiger partial charge in [0.2, 0.25) is 0 Å². The summed E-state index contributed by atoms with van der Waals surface area (Å²) in [6.45, 7) is 12.3. The van der Waals surface area contributed by atoms with Crippen molar-refractivity contribution in [3.05, 3.63) is 21.9 Å². The summed E-state index contributed by atoms with van der Waals surface area (Å²) in [7, 11) is 0. The van der Waals surface area contributed by atoms with Crippen LogP contribution >= 0.6 is 11.3 Å². The minimum atomic E-state index is 0.306. The average molecular weight is 225 g/mol. The van der Waals surface area contributed by atoms with Gasteiger partial charge in [-0.25, -0.2) is 0 Å². The second kappa shape index (κ2) is 5.13. The maximum absolute atomic E-state index is 3.48. The zero-order valence-corrected chi connectivity index (χ0v) is 11.4. The SMILES string of the molecule is Cc1ccc(C(C)(C)CCNC(C)C)s1. The van der Waals surface area contributed by atoms with E-state index >= 15 is 0 Å². The van der Waals surface area contributed by atoms with Crippen molar-refractivity contribution in [1.29, 1.82) is 0 Å². The summed E-state index contributed by atoms with van der Waals surface area (Å²) in [5.41, 5.74) is 0.306. The molecule has 0 spiro atoms. The van der Waals surface area contributed by atoms with Crippen molar-refractivity contribution in [3.63, 3.8) is 0 Å². The Labute approximate surface area is 97.9 Å². The second-order valence-corrected chi connectivity index (χ2v) is 6.44. The Morgan fingerprint density at radius 3 is 2.47 bits per heavy atom. The molecule has 86 valence electrons. The molecule has 0 aliphatic rings. The van der Waals surface area contributed by atoms with E-state index < -0.39 is 0 Å². The highest BCUT2D eigenvalue weighted by Gasteiger charge is 2.21. The van der Waals surface area contributed by atoms with Gasteiger partial charge in [-0.05, 0) is 32.0 Å². The molecule has 0 unspecified atom stereocenters. The van der Waals surface area contributed by atoms with Gasteiger partial charge in [-0.1, -0.05) is 27.7 Å². The zero-order valence-electron chi connectivity index (χ0n) is 10.6. The Morgan fingerprint density at radius 1 is 1.33 bits per heavy atom. The Hall–Kier alpha value is -0.340. The normalized spacial score (nSPS) is 12.4. The molecular formula is C13H23NS. The Balaban J connectivity index is 2.51. The van der Waals surface area contributed by atoms with Gasteiger partial charge in [0.25, 0.3) is 0 Å². The first kappa shape index (κ1) is 12.7.